The number of anilines is 2. The lowest BCUT2D eigenvalue weighted by atomic mass is 9.98. The molecule has 1 aromatic carbocycles. The second-order valence-corrected chi connectivity index (χ2v) is 5.38. The average molecular weight is 305 g/mol. The summed E-state index contributed by atoms with van der Waals surface area (Å²) in [5, 5.41) is 0.513. The Kier molecular flexibility index (Phi) is 3.94. The predicted molar refractivity (Wildman–Crippen MR) is 83.5 cm³/mol. The van der Waals surface area contributed by atoms with E-state index >= 15 is 0 Å². The molecule has 0 spiro atoms. The molecule has 2 heterocycles. The molecule has 0 aliphatic carbocycles. The van der Waals surface area contributed by atoms with Crippen molar-refractivity contribution in [1.82, 2.24) is 9.97 Å². The van der Waals surface area contributed by atoms with Gasteiger partial charge in [0.25, 0.3) is 0 Å². The van der Waals surface area contributed by atoms with Gasteiger partial charge in [-0.2, -0.15) is 4.98 Å². The SMILES string of the molecule is COc1ncc(Cl)c(N2CC(CCN)c3ccccc32)n1. The molecule has 0 saturated heterocycles. The Morgan fingerprint density at radius 1 is 1.43 bits per heavy atom. The van der Waals surface area contributed by atoms with Crippen LogP contribution in [0.5, 0.6) is 6.01 Å². The number of aromatic nitrogens is 2. The Morgan fingerprint density at radius 3 is 3.00 bits per heavy atom. The first-order valence-corrected chi connectivity index (χ1v) is 7.25. The highest BCUT2D eigenvalue weighted by molar-refractivity contribution is 6.33. The number of rotatable bonds is 4. The molecule has 21 heavy (non-hydrogen) atoms. The normalized spacial score (nSPS) is 16.9. The first-order chi connectivity index (χ1) is 10.2. The van der Waals surface area contributed by atoms with Gasteiger partial charge in [0.15, 0.2) is 5.82 Å². The fourth-order valence-electron chi connectivity index (χ4n) is 2.77. The molecule has 1 unspecified atom stereocenters. The van der Waals surface area contributed by atoms with Crippen LogP contribution < -0.4 is 15.4 Å². The van der Waals surface area contributed by atoms with Gasteiger partial charge in [-0.25, -0.2) is 4.98 Å². The van der Waals surface area contributed by atoms with Gasteiger partial charge in [-0.3, -0.25) is 0 Å². The number of hydrogen-bond donors (Lipinski definition) is 1. The smallest absolute Gasteiger partial charge is 0.318 e. The molecule has 0 amide bonds. The molecule has 0 radical (unpaired) electrons. The van der Waals surface area contributed by atoms with Gasteiger partial charge in [0.2, 0.25) is 0 Å². The number of fused-ring (bicyclic) bond motifs is 1. The van der Waals surface area contributed by atoms with Gasteiger partial charge in [-0.1, -0.05) is 29.8 Å². The minimum absolute atomic E-state index is 0.314. The number of benzene rings is 1. The predicted octanol–water partition coefficient (Wildman–Crippen LogP) is 2.72. The van der Waals surface area contributed by atoms with E-state index in [4.69, 9.17) is 22.1 Å². The van der Waals surface area contributed by atoms with Crippen molar-refractivity contribution >= 4 is 23.1 Å². The fourth-order valence-corrected chi connectivity index (χ4v) is 2.97. The summed E-state index contributed by atoms with van der Waals surface area (Å²) in [7, 11) is 1.54. The summed E-state index contributed by atoms with van der Waals surface area (Å²) in [6.45, 7) is 1.48. The zero-order valence-corrected chi connectivity index (χ0v) is 12.5. The lowest BCUT2D eigenvalue weighted by molar-refractivity contribution is 0.380. The zero-order valence-electron chi connectivity index (χ0n) is 11.8. The lowest BCUT2D eigenvalue weighted by Gasteiger charge is -2.20. The van der Waals surface area contributed by atoms with Crippen molar-refractivity contribution in [2.45, 2.75) is 12.3 Å². The third-order valence-corrected chi connectivity index (χ3v) is 3.99. The van der Waals surface area contributed by atoms with E-state index in [-0.39, 0.29) is 0 Å². The van der Waals surface area contributed by atoms with Crippen molar-refractivity contribution in [1.29, 1.82) is 0 Å². The summed E-state index contributed by atoms with van der Waals surface area (Å²) in [4.78, 5) is 10.5. The van der Waals surface area contributed by atoms with Crippen LogP contribution in [-0.2, 0) is 0 Å². The van der Waals surface area contributed by atoms with Crippen LogP contribution in [0.25, 0.3) is 0 Å². The Bertz CT molecular complexity index is 649. The maximum Gasteiger partial charge on any atom is 0.318 e. The molecule has 2 aromatic rings. The van der Waals surface area contributed by atoms with Crippen LogP contribution in [0, 0.1) is 0 Å². The summed E-state index contributed by atoms with van der Waals surface area (Å²) in [5.41, 5.74) is 8.15. The molecule has 1 aromatic heterocycles. The largest absolute Gasteiger partial charge is 0.467 e. The van der Waals surface area contributed by atoms with E-state index in [1.807, 2.05) is 12.1 Å². The number of nitrogens with zero attached hydrogens (tertiary/aromatic N) is 3. The van der Waals surface area contributed by atoms with E-state index in [0.717, 1.165) is 18.7 Å². The van der Waals surface area contributed by atoms with E-state index in [2.05, 4.69) is 27.0 Å². The highest BCUT2D eigenvalue weighted by atomic mass is 35.5. The van der Waals surface area contributed by atoms with Crippen molar-refractivity contribution in [2.75, 3.05) is 25.1 Å². The minimum Gasteiger partial charge on any atom is -0.467 e. The van der Waals surface area contributed by atoms with E-state index in [1.54, 1.807) is 13.3 Å². The molecule has 0 saturated carbocycles. The van der Waals surface area contributed by atoms with Crippen molar-refractivity contribution < 1.29 is 4.74 Å². The van der Waals surface area contributed by atoms with Crippen LogP contribution in [0.2, 0.25) is 5.02 Å². The summed E-state index contributed by atoms with van der Waals surface area (Å²) < 4.78 is 5.10. The van der Waals surface area contributed by atoms with Crippen molar-refractivity contribution in [3.63, 3.8) is 0 Å². The second kappa shape index (κ2) is 5.87. The number of methoxy groups -OCH3 is 1. The van der Waals surface area contributed by atoms with E-state index in [0.29, 0.717) is 29.3 Å². The molecule has 2 N–H and O–H groups in total. The van der Waals surface area contributed by atoms with Gasteiger partial charge >= 0.3 is 6.01 Å². The highest BCUT2D eigenvalue weighted by Crippen LogP contribution is 2.43. The Balaban J connectivity index is 2.04. The average Bonchev–Trinajstić information content (AvgIpc) is 2.87. The number of hydrogen-bond acceptors (Lipinski definition) is 5. The number of ether oxygens (including phenoxy) is 1. The fraction of sp³-hybridized carbons (Fsp3) is 0.333. The highest BCUT2D eigenvalue weighted by Gasteiger charge is 2.30. The van der Waals surface area contributed by atoms with Gasteiger partial charge in [-0.15, -0.1) is 0 Å². The van der Waals surface area contributed by atoms with Crippen molar-refractivity contribution in [3.05, 3.63) is 41.0 Å². The molecule has 0 fully saturated rings. The maximum absolute atomic E-state index is 6.28. The molecule has 3 rings (SSSR count). The second-order valence-electron chi connectivity index (χ2n) is 4.97. The van der Waals surface area contributed by atoms with Crippen LogP contribution in [0.1, 0.15) is 17.9 Å². The first-order valence-electron chi connectivity index (χ1n) is 6.87. The quantitative estimate of drug-likeness (QED) is 0.941. The summed E-state index contributed by atoms with van der Waals surface area (Å²) >= 11 is 6.28. The Hall–Kier alpha value is -1.85. The zero-order chi connectivity index (χ0) is 14.8. The number of para-hydroxylation sites is 1. The van der Waals surface area contributed by atoms with E-state index < -0.39 is 0 Å². The van der Waals surface area contributed by atoms with Crippen LogP contribution in [0.15, 0.2) is 30.5 Å². The minimum atomic E-state index is 0.314. The van der Waals surface area contributed by atoms with Crippen LogP contribution >= 0.6 is 11.6 Å². The molecule has 1 atom stereocenters. The van der Waals surface area contributed by atoms with Gasteiger partial charge in [0.1, 0.15) is 5.02 Å². The van der Waals surface area contributed by atoms with E-state index in [9.17, 15) is 0 Å². The van der Waals surface area contributed by atoms with Crippen molar-refractivity contribution in [2.24, 2.45) is 5.73 Å². The molecule has 6 heteroatoms. The number of halogens is 1. The van der Waals surface area contributed by atoms with Gasteiger partial charge in [0.05, 0.1) is 13.3 Å². The van der Waals surface area contributed by atoms with Gasteiger partial charge < -0.3 is 15.4 Å². The molecule has 5 nitrogen and oxygen atoms in total. The first kappa shape index (κ1) is 14.1. The third kappa shape index (κ3) is 2.54. The molecule has 1 aliphatic heterocycles. The number of nitrogens with two attached hydrogens (primary N) is 1. The summed E-state index contributed by atoms with van der Waals surface area (Å²) in [6, 6.07) is 8.60. The van der Waals surface area contributed by atoms with Crippen LogP contribution in [0.3, 0.4) is 0 Å². The van der Waals surface area contributed by atoms with Crippen molar-refractivity contribution in [3.8, 4) is 6.01 Å². The molecular formula is C15H17ClN4O. The molecular weight excluding hydrogens is 288 g/mol. The third-order valence-electron chi connectivity index (χ3n) is 3.73. The van der Waals surface area contributed by atoms with E-state index in [1.165, 1.54) is 5.56 Å². The molecule has 1 aliphatic rings. The van der Waals surface area contributed by atoms with Gasteiger partial charge in [0, 0.05) is 18.2 Å². The summed E-state index contributed by atoms with van der Waals surface area (Å²) in [5.74, 6) is 1.07. The lowest BCUT2D eigenvalue weighted by Crippen LogP contribution is -2.19. The standard InChI is InChI=1S/C15H17ClN4O/c1-21-15-18-8-12(16)14(19-15)20-9-10(6-7-17)11-4-2-3-5-13(11)20/h2-5,8,10H,6-7,9,17H2,1H3. The molecule has 0 bridgehead atoms. The van der Waals surface area contributed by atoms with Crippen LogP contribution in [-0.4, -0.2) is 30.2 Å². The monoisotopic (exact) mass is 304 g/mol. The maximum atomic E-state index is 6.28. The topological polar surface area (TPSA) is 64.3 Å². The Labute approximate surface area is 128 Å². The Morgan fingerprint density at radius 2 is 2.24 bits per heavy atom. The van der Waals surface area contributed by atoms with Gasteiger partial charge in [-0.05, 0) is 24.6 Å². The van der Waals surface area contributed by atoms with Crippen LogP contribution in [0.4, 0.5) is 11.5 Å². The molecule has 110 valence electrons. The summed E-state index contributed by atoms with van der Waals surface area (Å²) in [6.07, 6.45) is 2.51.